The second kappa shape index (κ2) is 5.13. The van der Waals surface area contributed by atoms with E-state index in [4.69, 9.17) is 0 Å². The van der Waals surface area contributed by atoms with Gasteiger partial charge in [0.15, 0.2) is 5.78 Å². The highest BCUT2D eigenvalue weighted by atomic mass is 16.1. The summed E-state index contributed by atoms with van der Waals surface area (Å²) in [5, 5.41) is 0. The third-order valence-electron chi connectivity index (χ3n) is 4.78. The number of rotatable bonds is 2. The SMILES string of the molecule is CC(=O)c1cnc(N2CC[C@H]3CC[C@@H](C2)N3C)nc1C. The second-order valence-electron chi connectivity index (χ2n) is 6.01. The fourth-order valence-corrected chi connectivity index (χ4v) is 3.44. The number of Topliss-reactive ketones (excluding diaryl/α,β-unsaturated/α-hetero) is 1. The van der Waals surface area contributed by atoms with Gasteiger partial charge in [-0.3, -0.25) is 9.69 Å². The van der Waals surface area contributed by atoms with Crippen LogP contribution >= 0.6 is 0 Å². The summed E-state index contributed by atoms with van der Waals surface area (Å²) in [6.07, 6.45) is 5.43. The number of aryl methyl sites for hydroxylation is 1. The van der Waals surface area contributed by atoms with Crippen molar-refractivity contribution in [1.29, 1.82) is 0 Å². The number of anilines is 1. The van der Waals surface area contributed by atoms with E-state index >= 15 is 0 Å². The van der Waals surface area contributed by atoms with Gasteiger partial charge in [-0.05, 0) is 40.2 Å². The first-order chi connectivity index (χ1) is 9.56. The van der Waals surface area contributed by atoms with E-state index in [0.29, 0.717) is 17.6 Å². The van der Waals surface area contributed by atoms with Crippen molar-refractivity contribution in [3.63, 3.8) is 0 Å². The van der Waals surface area contributed by atoms with Gasteiger partial charge in [0.25, 0.3) is 0 Å². The smallest absolute Gasteiger partial charge is 0.225 e. The molecule has 1 aromatic heterocycles. The maximum absolute atomic E-state index is 11.5. The first-order valence-corrected chi connectivity index (χ1v) is 7.37. The molecule has 2 fully saturated rings. The van der Waals surface area contributed by atoms with Crippen LogP contribution in [0.3, 0.4) is 0 Å². The summed E-state index contributed by atoms with van der Waals surface area (Å²) in [7, 11) is 2.23. The molecule has 2 aliphatic heterocycles. The van der Waals surface area contributed by atoms with Crippen LogP contribution in [0.15, 0.2) is 6.20 Å². The molecule has 0 aromatic carbocycles. The highest BCUT2D eigenvalue weighted by molar-refractivity contribution is 5.94. The van der Waals surface area contributed by atoms with Crippen molar-refractivity contribution in [3.05, 3.63) is 17.5 Å². The standard InChI is InChI=1S/C15H22N4O/c1-10-14(11(2)20)8-16-15(17-10)19-7-6-12-4-5-13(9-19)18(12)3/h8,12-13H,4-7,9H2,1-3H3/t12-,13+/m1/s1. The van der Waals surface area contributed by atoms with Gasteiger partial charge in [0.05, 0.1) is 11.3 Å². The lowest BCUT2D eigenvalue weighted by molar-refractivity contribution is 0.101. The monoisotopic (exact) mass is 274 g/mol. The van der Waals surface area contributed by atoms with Gasteiger partial charge in [-0.2, -0.15) is 0 Å². The Morgan fingerprint density at radius 3 is 2.75 bits per heavy atom. The fraction of sp³-hybridized carbons (Fsp3) is 0.667. The Hall–Kier alpha value is -1.49. The Morgan fingerprint density at radius 2 is 2.05 bits per heavy atom. The zero-order chi connectivity index (χ0) is 14.3. The van der Waals surface area contributed by atoms with Crippen molar-refractivity contribution in [2.75, 3.05) is 25.0 Å². The average Bonchev–Trinajstić information content (AvgIpc) is 2.62. The van der Waals surface area contributed by atoms with Crippen LogP contribution in [0.4, 0.5) is 5.95 Å². The minimum absolute atomic E-state index is 0.0312. The van der Waals surface area contributed by atoms with Crippen LogP contribution in [0.2, 0.25) is 0 Å². The topological polar surface area (TPSA) is 49.3 Å². The van der Waals surface area contributed by atoms with E-state index in [9.17, 15) is 4.79 Å². The Bertz CT molecular complexity index is 531. The van der Waals surface area contributed by atoms with Crippen LogP contribution in [0.1, 0.15) is 42.2 Å². The van der Waals surface area contributed by atoms with Gasteiger partial charge in [0.1, 0.15) is 0 Å². The third kappa shape index (κ3) is 2.30. The molecule has 108 valence electrons. The lowest BCUT2D eigenvalue weighted by atomic mass is 10.1. The van der Waals surface area contributed by atoms with Crippen LogP contribution in [0.5, 0.6) is 0 Å². The van der Waals surface area contributed by atoms with Gasteiger partial charge in [-0.25, -0.2) is 9.97 Å². The molecule has 2 atom stereocenters. The van der Waals surface area contributed by atoms with Gasteiger partial charge in [-0.1, -0.05) is 0 Å². The largest absolute Gasteiger partial charge is 0.339 e. The molecule has 0 saturated carbocycles. The minimum atomic E-state index is 0.0312. The zero-order valence-electron chi connectivity index (χ0n) is 12.5. The first-order valence-electron chi connectivity index (χ1n) is 7.37. The van der Waals surface area contributed by atoms with E-state index < -0.39 is 0 Å². The summed E-state index contributed by atoms with van der Waals surface area (Å²) in [6.45, 7) is 5.44. The van der Waals surface area contributed by atoms with Crippen LogP contribution in [0, 0.1) is 6.92 Å². The Morgan fingerprint density at radius 1 is 1.30 bits per heavy atom. The van der Waals surface area contributed by atoms with Crippen molar-refractivity contribution in [2.45, 2.75) is 45.2 Å². The van der Waals surface area contributed by atoms with E-state index in [-0.39, 0.29) is 5.78 Å². The van der Waals surface area contributed by atoms with Crippen molar-refractivity contribution in [2.24, 2.45) is 0 Å². The van der Waals surface area contributed by atoms with Crippen molar-refractivity contribution in [3.8, 4) is 0 Å². The van der Waals surface area contributed by atoms with Gasteiger partial charge in [0, 0.05) is 31.4 Å². The molecule has 2 bridgehead atoms. The summed E-state index contributed by atoms with van der Waals surface area (Å²) >= 11 is 0. The molecule has 0 aliphatic carbocycles. The van der Waals surface area contributed by atoms with Crippen LogP contribution in [-0.2, 0) is 0 Å². The number of hydrogen-bond donors (Lipinski definition) is 0. The van der Waals surface area contributed by atoms with Gasteiger partial charge < -0.3 is 4.90 Å². The number of ketones is 1. The Labute approximate surface area is 120 Å². The number of hydrogen-bond acceptors (Lipinski definition) is 5. The summed E-state index contributed by atoms with van der Waals surface area (Å²) < 4.78 is 0. The van der Waals surface area contributed by atoms with Gasteiger partial charge >= 0.3 is 0 Å². The highest BCUT2D eigenvalue weighted by Gasteiger charge is 2.35. The summed E-state index contributed by atoms with van der Waals surface area (Å²) in [4.78, 5) is 25.2. The molecular weight excluding hydrogens is 252 g/mol. The third-order valence-corrected chi connectivity index (χ3v) is 4.78. The summed E-state index contributed by atoms with van der Waals surface area (Å²) in [6, 6.07) is 1.32. The molecule has 0 amide bonds. The van der Waals surface area contributed by atoms with Crippen LogP contribution < -0.4 is 4.90 Å². The maximum Gasteiger partial charge on any atom is 0.225 e. The number of likely N-dealkylation sites (N-methyl/N-ethyl adjacent to an activating group) is 1. The molecule has 5 nitrogen and oxygen atoms in total. The highest BCUT2D eigenvalue weighted by Crippen LogP contribution is 2.29. The number of carbonyl (C=O) groups is 1. The number of aromatic nitrogens is 2. The molecule has 0 spiro atoms. The molecule has 2 aliphatic rings. The van der Waals surface area contributed by atoms with E-state index in [2.05, 4.69) is 26.8 Å². The van der Waals surface area contributed by atoms with Crippen LogP contribution in [-0.4, -0.2) is 52.9 Å². The summed E-state index contributed by atoms with van der Waals surface area (Å²) in [5.41, 5.74) is 1.41. The minimum Gasteiger partial charge on any atom is -0.339 e. The normalized spacial score (nSPS) is 26.6. The van der Waals surface area contributed by atoms with Gasteiger partial charge in [0.2, 0.25) is 5.95 Å². The predicted octanol–water partition coefficient (Wildman–Crippen LogP) is 1.66. The molecule has 0 unspecified atom stereocenters. The molecule has 1 aromatic rings. The van der Waals surface area contributed by atoms with Crippen molar-refractivity contribution >= 4 is 11.7 Å². The predicted molar refractivity (Wildman–Crippen MR) is 78.2 cm³/mol. The maximum atomic E-state index is 11.5. The zero-order valence-corrected chi connectivity index (χ0v) is 12.5. The van der Waals surface area contributed by atoms with E-state index in [1.165, 1.54) is 19.3 Å². The molecular formula is C15H22N4O. The lowest BCUT2D eigenvalue weighted by Crippen LogP contribution is -2.37. The van der Waals surface area contributed by atoms with Gasteiger partial charge in [-0.15, -0.1) is 0 Å². The van der Waals surface area contributed by atoms with Crippen LogP contribution in [0.25, 0.3) is 0 Å². The number of fused-ring (bicyclic) bond motifs is 2. The Kier molecular flexibility index (Phi) is 3.46. The quantitative estimate of drug-likeness (QED) is 0.768. The number of carbonyl (C=O) groups excluding carboxylic acids is 1. The van der Waals surface area contributed by atoms with E-state index in [1.807, 2.05) is 6.92 Å². The molecule has 0 radical (unpaired) electrons. The molecule has 5 heteroatoms. The van der Waals surface area contributed by atoms with Crippen molar-refractivity contribution in [1.82, 2.24) is 14.9 Å². The molecule has 3 rings (SSSR count). The van der Waals surface area contributed by atoms with Crippen molar-refractivity contribution < 1.29 is 4.79 Å². The lowest BCUT2D eigenvalue weighted by Gasteiger charge is -2.26. The first kappa shape index (κ1) is 13.5. The average molecular weight is 274 g/mol. The molecule has 0 N–H and O–H groups in total. The molecule has 2 saturated heterocycles. The van der Waals surface area contributed by atoms with E-state index in [1.54, 1.807) is 13.1 Å². The molecule has 20 heavy (non-hydrogen) atoms. The fourth-order valence-electron chi connectivity index (χ4n) is 3.44. The number of nitrogens with zero attached hydrogens (tertiary/aromatic N) is 4. The van der Waals surface area contributed by atoms with E-state index in [0.717, 1.165) is 24.7 Å². The summed E-state index contributed by atoms with van der Waals surface area (Å²) in [5.74, 6) is 0.803. The second-order valence-corrected chi connectivity index (χ2v) is 6.01. The molecule has 3 heterocycles. The Balaban J connectivity index is 1.83.